The highest BCUT2D eigenvalue weighted by Crippen LogP contribution is 2.29. The van der Waals surface area contributed by atoms with E-state index in [4.69, 9.17) is 14.2 Å². The Morgan fingerprint density at radius 2 is 1.68 bits per heavy atom. The maximum absolute atomic E-state index is 14.0. The van der Waals surface area contributed by atoms with Gasteiger partial charge in [0.05, 0.1) is 13.7 Å². The molecular weight excluding hydrogens is 454 g/mol. The highest BCUT2D eigenvalue weighted by atomic mass is 32.2. The van der Waals surface area contributed by atoms with Crippen molar-refractivity contribution in [1.82, 2.24) is 9.29 Å². The van der Waals surface area contributed by atoms with Crippen LogP contribution in [-0.4, -0.2) is 72.0 Å². The summed E-state index contributed by atoms with van der Waals surface area (Å²) < 4.78 is 45.4. The third-order valence-corrected chi connectivity index (χ3v) is 7.21. The molecule has 0 spiro atoms. The minimum Gasteiger partial charge on any atom is -0.497 e. The van der Waals surface area contributed by atoms with E-state index in [1.807, 2.05) is 52.0 Å². The molecule has 0 fully saturated rings. The lowest BCUT2D eigenvalue weighted by molar-refractivity contribution is -0.0945. The van der Waals surface area contributed by atoms with Crippen LogP contribution in [0.25, 0.3) is 0 Å². The highest BCUT2D eigenvalue weighted by Gasteiger charge is 2.32. The predicted octanol–water partition coefficient (Wildman–Crippen LogP) is 3.73. The molecule has 0 unspecified atom stereocenters. The van der Waals surface area contributed by atoms with E-state index in [0.29, 0.717) is 31.9 Å². The molecule has 0 aliphatic rings. The smallest absolute Gasteiger partial charge is 0.246 e. The van der Waals surface area contributed by atoms with Gasteiger partial charge in [-0.15, -0.1) is 0 Å². The molecule has 1 aromatic carbocycles. The van der Waals surface area contributed by atoms with Crippen LogP contribution in [-0.2, 0) is 25.9 Å². The van der Waals surface area contributed by atoms with Crippen molar-refractivity contribution < 1.29 is 22.6 Å². The van der Waals surface area contributed by atoms with Crippen molar-refractivity contribution in [2.75, 3.05) is 52.9 Å². The number of nitrogens with zero attached hydrogens (tertiary/aromatic N) is 3. The number of aryl methyl sites for hydroxylation is 1. The first-order valence-corrected chi connectivity index (χ1v) is 12.7. The summed E-state index contributed by atoms with van der Waals surface area (Å²) in [6, 6.07) is 9.38. The lowest BCUT2D eigenvalue weighted by Gasteiger charge is -2.31. The summed E-state index contributed by atoms with van der Waals surface area (Å²) in [6.45, 7) is 9.00. The van der Waals surface area contributed by atoms with Crippen molar-refractivity contribution in [1.29, 1.82) is 0 Å². The number of anilines is 1. The summed E-state index contributed by atoms with van der Waals surface area (Å²) in [4.78, 5) is 6.41. The van der Waals surface area contributed by atoms with Crippen molar-refractivity contribution in [3.8, 4) is 5.75 Å². The number of hydrogen-bond donors (Lipinski definition) is 0. The van der Waals surface area contributed by atoms with E-state index in [2.05, 4.69) is 4.98 Å². The SMILES string of the molecule is COc1ccc(CCN(CC(C)(C)C)S(=O)(=O)c2cc(C)cnc2N(C)CC(OC)OC)cc1. The van der Waals surface area contributed by atoms with Crippen molar-refractivity contribution >= 4 is 15.8 Å². The molecule has 0 amide bonds. The number of rotatable bonds is 12. The largest absolute Gasteiger partial charge is 0.497 e. The second kappa shape index (κ2) is 12.0. The molecule has 0 N–H and O–H groups in total. The first-order valence-electron chi connectivity index (χ1n) is 11.3. The lowest BCUT2D eigenvalue weighted by Crippen LogP contribution is -2.40. The number of sulfonamides is 1. The van der Waals surface area contributed by atoms with Gasteiger partial charge in [-0.2, -0.15) is 4.31 Å². The number of ether oxygens (including phenoxy) is 3. The Morgan fingerprint density at radius 1 is 1.06 bits per heavy atom. The zero-order chi connectivity index (χ0) is 25.5. The fourth-order valence-electron chi connectivity index (χ4n) is 3.57. The van der Waals surface area contributed by atoms with Gasteiger partial charge in [-0.3, -0.25) is 0 Å². The minimum atomic E-state index is -3.84. The van der Waals surface area contributed by atoms with E-state index in [-0.39, 0.29) is 10.3 Å². The molecule has 2 rings (SSSR count). The van der Waals surface area contributed by atoms with Crippen molar-refractivity contribution in [3.63, 3.8) is 0 Å². The second-order valence-electron chi connectivity index (χ2n) is 9.61. The number of aromatic nitrogens is 1. The fourth-order valence-corrected chi connectivity index (χ4v) is 5.51. The molecule has 8 nitrogen and oxygen atoms in total. The van der Waals surface area contributed by atoms with E-state index in [0.717, 1.165) is 16.9 Å². The van der Waals surface area contributed by atoms with Gasteiger partial charge in [-0.1, -0.05) is 32.9 Å². The topological polar surface area (TPSA) is 81.2 Å². The Balaban J connectivity index is 2.42. The van der Waals surface area contributed by atoms with Crippen LogP contribution in [0.15, 0.2) is 41.4 Å². The Morgan fingerprint density at radius 3 is 2.21 bits per heavy atom. The van der Waals surface area contributed by atoms with Gasteiger partial charge in [0.1, 0.15) is 16.5 Å². The molecule has 0 saturated carbocycles. The molecule has 0 aliphatic heterocycles. The van der Waals surface area contributed by atoms with Gasteiger partial charge in [0, 0.05) is 40.6 Å². The van der Waals surface area contributed by atoms with E-state index >= 15 is 0 Å². The monoisotopic (exact) mass is 493 g/mol. The van der Waals surface area contributed by atoms with E-state index < -0.39 is 16.3 Å². The normalized spacial score (nSPS) is 12.4. The summed E-state index contributed by atoms with van der Waals surface area (Å²) in [6.07, 6.45) is 1.74. The molecule has 0 saturated heterocycles. The highest BCUT2D eigenvalue weighted by molar-refractivity contribution is 7.89. The van der Waals surface area contributed by atoms with E-state index in [1.54, 1.807) is 49.8 Å². The van der Waals surface area contributed by atoms with Crippen LogP contribution in [0, 0.1) is 12.3 Å². The quantitative estimate of drug-likeness (QED) is 0.417. The first-order chi connectivity index (χ1) is 15.9. The molecule has 0 radical (unpaired) electrons. The molecule has 34 heavy (non-hydrogen) atoms. The first kappa shape index (κ1) is 28.0. The Bertz CT molecular complexity index is 1020. The zero-order valence-corrected chi connectivity index (χ0v) is 22.5. The summed E-state index contributed by atoms with van der Waals surface area (Å²) in [5, 5.41) is 0. The molecule has 0 atom stereocenters. The van der Waals surface area contributed by atoms with Gasteiger partial charge in [-0.25, -0.2) is 13.4 Å². The average Bonchev–Trinajstić information content (AvgIpc) is 2.79. The molecule has 0 bridgehead atoms. The van der Waals surface area contributed by atoms with Gasteiger partial charge >= 0.3 is 0 Å². The summed E-state index contributed by atoms with van der Waals surface area (Å²) in [5.74, 6) is 1.14. The van der Waals surface area contributed by atoms with Crippen molar-refractivity contribution in [2.24, 2.45) is 5.41 Å². The summed E-state index contributed by atoms with van der Waals surface area (Å²) in [5.41, 5.74) is 1.59. The second-order valence-corrected chi connectivity index (χ2v) is 11.5. The zero-order valence-electron chi connectivity index (χ0n) is 21.7. The van der Waals surface area contributed by atoms with Crippen LogP contribution >= 0.6 is 0 Å². The Labute approximate surface area is 204 Å². The maximum atomic E-state index is 14.0. The van der Waals surface area contributed by atoms with Crippen LogP contribution in [0.5, 0.6) is 5.75 Å². The Hall–Kier alpha value is -2.20. The van der Waals surface area contributed by atoms with E-state index in [1.165, 1.54) is 0 Å². The van der Waals surface area contributed by atoms with Gasteiger partial charge in [0.2, 0.25) is 10.0 Å². The van der Waals surface area contributed by atoms with Gasteiger partial charge < -0.3 is 19.1 Å². The lowest BCUT2D eigenvalue weighted by atomic mass is 9.97. The number of hydrogen-bond acceptors (Lipinski definition) is 7. The number of pyridine rings is 1. The molecule has 190 valence electrons. The van der Waals surface area contributed by atoms with Crippen molar-refractivity contribution in [2.45, 2.75) is 45.3 Å². The number of benzene rings is 1. The van der Waals surface area contributed by atoms with Crippen LogP contribution in [0.4, 0.5) is 5.82 Å². The van der Waals surface area contributed by atoms with Gasteiger partial charge in [-0.05, 0) is 48.1 Å². The van der Waals surface area contributed by atoms with Crippen LogP contribution in [0.3, 0.4) is 0 Å². The van der Waals surface area contributed by atoms with E-state index in [9.17, 15) is 8.42 Å². The summed E-state index contributed by atoms with van der Waals surface area (Å²) in [7, 11) is 2.66. The average molecular weight is 494 g/mol. The summed E-state index contributed by atoms with van der Waals surface area (Å²) >= 11 is 0. The minimum absolute atomic E-state index is 0.180. The molecule has 1 heterocycles. The predicted molar refractivity (Wildman–Crippen MR) is 135 cm³/mol. The fraction of sp³-hybridized carbons (Fsp3) is 0.560. The molecular formula is C25H39N3O5S. The Kier molecular flexibility index (Phi) is 9.87. The molecule has 1 aromatic heterocycles. The molecule has 9 heteroatoms. The molecule has 0 aliphatic carbocycles. The van der Waals surface area contributed by atoms with Crippen LogP contribution in [0.2, 0.25) is 0 Å². The number of methoxy groups -OCH3 is 3. The van der Waals surface area contributed by atoms with Crippen LogP contribution < -0.4 is 9.64 Å². The van der Waals surface area contributed by atoms with Crippen molar-refractivity contribution in [3.05, 3.63) is 47.7 Å². The standard InChI is InChI=1S/C25H39N3O5S/c1-19-15-22(24(26-16-19)27(5)17-23(32-7)33-8)34(29,30)28(18-25(2,3)4)14-13-20-9-11-21(31-6)12-10-20/h9-12,15-16,23H,13-14,17-18H2,1-8H3. The molecule has 2 aromatic rings. The number of likely N-dealkylation sites (N-methyl/N-ethyl adjacent to an activating group) is 1. The third-order valence-electron chi connectivity index (χ3n) is 5.36. The maximum Gasteiger partial charge on any atom is 0.246 e. The van der Waals surface area contributed by atoms with Gasteiger partial charge in [0.15, 0.2) is 6.29 Å². The van der Waals surface area contributed by atoms with Crippen LogP contribution in [0.1, 0.15) is 31.9 Å². The van der Waals surface area contributed by atoms with Gasteiger partial charge in [0.25, 0.3) is 0 Å². The third kappa shape index (κ3) is 7.66.